The Morgan fingerprint density at radius 3 is 2.73 bits per heavy atom. The van der Waals surface area contributed by atoms with Crippen LogP contribution in [0.2, 0.25) is 0 Å². The van der Waals surface area contributed by atoms with Crippen LogP contribution >= 0.6 is 24.0 Å². The van der Waals surface area contributed by atoms with Gasteiger partial charge in [0.15, 0.2) is 0 Å². The molecule has 0 saturated heterocycles. The summed E-state index contributed by atoms with van der Waals surface area (Å²) < 4.78 is 0. The van der Waals surface area contributed by atoms with E-state index in [-0.39, 0.29) is 18.7 Å². The summed E-state index contributed by atoms with van der Waals surface area (Å²) in [5.41, 5.74) is 0. The molecule has 1 radical (unpaired) electrons. The first-order valence-corrected chi connectivity index (χ1v) is 5.27. The van der Waals surface area contributed by atoms with Crippen molar-refractivity contribution in [2.24, 2.45) is 0 Å². The third-order valence-corrected chi connectivity index (χ3v) is 2.57. The lowest BCUT2D eigenvalue weighted by molar-refractivity contribution is -0.138. The molecule has 0 unspecified atom stereocenters. The van der Waals surface area contributed by atoms with Crippen LogP contribution in [0.5, 0.6) is 0 Å². The summed E-state index contributed by atoms with van der Waals surface area (Å²) in [5.74, 6) is 0.0657. The Kier molecular flexibility index (Phi) is 4.50. The highest BCUT2D eigenvalue weighted by Crippen LogP contribution is 2.17. The van der Waals surface area contributed by atoms with E-state index < -0.39 is 5.97 Å². The van der Waals surface area contributed by atoms with E-state index in [2.05, 4.69) is 28.1 Å². The molecule has 0 aliphatic heterocycles. The molecule has 1 aromatic heterocycles. The Morgan fingerprint density at radius 2 is 2.20 bits per heavy atom. The second kappa shape index (κ2) is 5.66. The normalized spacial score (nSPS) is 9.93. The van der Waals surface area contributed by atoms with E-state index >= 15 is 0 Å². The van der Waals surface area contributed by atoms with E-state index in [0.717, 1.165) is 11.3 Å². The summed E-state index contributed by atoms with van der Waals surface area (Å²) in [6.07, 6.45) is -0.273. The summed E-state index contributed by atoms with van der Waals surface area (Å²) in [4.78, 5) is 21.3. The molecule has 1 aromatic rings. The predicted molar refractivity (Wildman–Crippen MR) is 57.8 cm³/mol. The van der Waals surface area contributed by atoms with Gasteiger partial charge in [0.05, 0.1) is 12.2 Å². The zero-order chi connectivity index (χ0) is 11.3. The molecule has 0 saturated carbocycles. The lowest BCUT2D eigenvalue weighted by atomic mass is 10.3. The molecule has 6 nitrogen and oxygen atoms in total. The van der Waals surface area contributed by atoms with Gasteiger partial charge in [0, 0.05) is 6.42 Å². The van der Waals surface area contributed by atoms with Gasteiger partial charge in [0.25, 0.3) is 0 Å². The van der Waals surface area contributed by atoms with E-state index in [4.69, 9.17) is 5.11 Å². The average Bonchev–Trinajstić information content (AvgIpc) is 2.62. The number of carboxylic acids is 1. The number of anilines is 1. The number of carboxylic acid groups (broad SMARTS) is 1. The number of hydrogen-bond donors (Lipinski definition) is 3. The van der Waals surface area contributed by atoms with Gasteiger partial charge in [-0.3, -0.25) is 9.59 Å². The Balaban J connectivity index is 2.40. The van der Waals surface area contributed by atoms with Crippen LogP contribution < -0.4 is 5.32 Å². The van der Waals surface area contributed by atoms with Gasteiger partial charge in [-0.25, -0.2) is 0 Å². The first kappa shape index (κ1) is 11.9. The molecule has 1 amide bonds. The van der Waals surface area contributed by atoms with E-state index in [1.807, 2.05) is 0 Å². The number of nitrogens with zero attached hydrogens (tertiary/aromatic N) is 2. The third kappa shape index (κ3) is 4.26. The number of hydrogen-bond acceptors (Lipinski definition) is 6. The summed E-state index contributed by atoms with van der Waals surface area (Å²) in [6.45, 7) is 0. The molecule has 0 aliphatic rings. The van der Waals surface area contributed by atoms with Gasteiger partial charge >= 0.3 is 5.97 Å². The van der Waals surface area contributed by atoms with Crippen LogP contribution in [0.4, 0.5) is 5.13 Å². The number of nitrogens with one attached hydrogen (secondary N) is 1. The van der Waals surface area contributed by atoms with Crippen molar-refractivity contribution in [3.8, 4) is 0 Å². The van der Waals surface area contributed by atoms with Crippen LogP contribution in [-0.2, 0) is 9.59 Å². The first-order valence-electron chi connectivity index (χ1n) is 3.94. The summed E-state index contributed by atoms with van der Waals surface area (Å²) in [5, 5.41) is 19.1. The summed E-state index contributed by atoms with van der Waals surface area (Å²) in [6, 6.07) is 0. The molecule has 0 aliphatic carbocycles. The molecule has 2 N–H and O–H groups in total. The number of carbonyl (C=O) groups is 2. The van der Waals surface area contributed by atoms with Crippen molar-refractivity contribution in [2.75, 3.05) is 5.32 Å². The van der Waals surface area contributed by atoms with Crippen molar-refractivity contribution in [2.45, 2.75) is 12.8 Å². The average molecular weight is 246 g/mol. The maximum Gasteiger partial charge on any atom is 0.303 e. The third-order valence-electron chi connectivity index (χ3n) is 1.36. The highest BCUT2D eigenvalue weighted by Gasteiger charge is 2.08. The van der Waals surface area contributed by atoms with Crippen LogP contribution in [-0.4, -0.2) is 27.2 Å². The van der Waals surface area contributed by atoms with Gasteiger partial charge < -0.3 is 10.4 Å². The summed E-state index contributed by atoms with van der Waals surface area (Å²) in [7, 11) is 0. The van der Waals surface area contributed by atoms with E-state index in [9.17, 15) is 9.59 Å². The van der Waals surface area contributed by atoms with Crippen molar-refractivity contribution >= 4 is 41.0 Å². The van der Waals surface area contributed by atoms with Gasteiger partial charge in [-0.1, -0.05) is 11.3 Å². The van der Waals surface area contributed by atoms with Crippen molar-refractivity contribution in [1.82, 2.24) is 10.2 Å². The Morgan fingerprint density at radius 1 is 1.47 bits per heavy atom. The van der Waals surface area contributed by atoms with E-state index in [0.29, 0.717) is 10.1 Å². The molecular formula is C7H8N3O3S2. The Bertz CT molecular complexity index is 366. The number of aliphatic carboxylic acids is 1. The van der Waals surface area contributed by atoms with Crippen LogP contribution in [0, 0.1) is 5.75 Å². The van der Waals surface area contributed by atoms with Gasteiger partial charge in [0.1, 0.15) is 5.01 Å². The second-order valence-corrected chi connectivity index (χ2v) is 3.78. The summed E-state index contributed by atoms with van der Waals surface area (Å²) >= 11 is 5.04. The van der Waals surface area contributed by atoms with Crippen LogP contribution in [0.15, 0.2) is 0 Å². The Hall–Kier alpha value is -1.15. The van der Waals surface area contributed by atoms with Crippen LogP contribution in [0.25, 0.3) is 0 Å². The molecule has 0 aromatic carbocycles. The number of amides is 1. The molecule has 0 spiro atoms. The Labute approximate surface area is 95.1 Å². The molecule has 0 fully saturated rings. The van der Waals surface area contributed by atoms with Gasteiger partial charge in [-0.2, -0.15) is 12.6 Å². The molecule has 0 atom stereocenters. The maximum atomic E-state index is 11.1. The topological polar surface area (TPSA) is 92.2 Å². The minimum atomic E-state index is -1.01. The van der Waals surface area contributed by atoms with E-state index in [1.165, 1.54) is 5.75 Å². The zero-order valence-corrected chi connectivity index (χ0v) is 9.22. The van der Waals surface area contributed by atoms with E-state index in [1.54, 1.807) is 0 Å². The molecule has 1 heterocycles. The number of carbonyl (C=O) groups excluding carboxylic acids is 1. The molecule has 15 heavy (non-hydrogen) atoms. The van der Waals surface area contributed by atoms with Crippen LogP contribution in [0.3, 0.4) is 0 Å². The standard InChI is InChI=1S/C7H8N3O3S2/c11-4(1-2-6(12)13)8-7-10-9-5(3-14)15-7/h3,14H,1-2H2,(H,12,13)(H,8,10,11). The van der Waals surface area contributed by atoms with Crippen molar-refractivity contribution < 1.29 is 14.7 Å². The fraction of sp³-hybridized carbons (Fsp3) is 0.286. The molecule has 8 heteroatoms. The lowest BCUT2D eigenvalue weighted by Crippen LogP contribution is -2.12. The molecule has 1 rings (SSSR count). The minimum Gasteiger partial charge on any atom is -0.481 e. The quantitative estimate of drug-likeness (QED) is 0.668. The predicted octanol–water partition coefficient (Wildman–Crippen LogP) is 0.781. The van der Waals surface area contributed by atoms with Gasteiger partial charge in [0.2, 0.25) is 11.0 Å². The highest BCUT2D eigenvalue weighted by atomic mass is 32.1. The van der Waals surface area contributed by atoms with Gasteiger partial charge in [-0.05, 0) is 0 Å². The fourth-order valence-electron chi connectivity index (χ4n) is 0.739. The molecule has 81 valence electrons. The number of rotatable bonds is 5. The zero-order valence-electron chi connectivity index (χ0n) is 7.51. The largest absolute Gasteiger partial charge is 0.481 e. The fourth-order valence-corrected chi connectivity index (χ4v) is 1.53. The second-order valence-electron chi connectivity index (χ2n) is 2.52. The molecular weight excluding hydrogens is 238 g/mol. The maximum absolute atomic E-state index is 11.1. The monoisotopic (exact) mass is 246 g/mol. The highest BCUT2D eigenvalue weighted by molar-refractivity contribution is 7.82. The van der Waals surface area contributed by atoms with Crippen molar-refractivity contribution in [3.63, 3.8) is 0 Å². The smallest absolute Gasteiger partial charge is 0.303 e. The lowest BCUT2D eigenvalue weighted by Gasteiger charge is -1.97. The number of thiol groups is 1. The van der Waals surface area contributed by atoms with Crippen molar-refractivity contribution in [3.05, 3.63) is 10.8 Å². The van der Waals surface area contributed by atoms with Crippen LogP contribution in [0.1, 0.15) is 17.8 Å². The van der Waals surface area contributed by atoms with Crippen molar-refractivity contribution in [1.29, 1.82) is 0 Å². The van der Waals surface area contributed by atoms with Gasteiger partial charge in [-0.15, -0.1) is 10.2 Å². The first-order chi connectivity index (χ1) is 7.11. The minimum absolute atomic E-state index is 0.0746. The SMILES string of the molecule is O=C(O)CCC(=O)Nc1nnc([CH]S)s1. The molecule has 0 bridgehead atoms. The number of aromatic nitrogens is 2.